The van der Waals surface area contributed by atoms with Gasteiger partial charge in [-0.05, 0) is 36.4 Å². The van der Waals surface area contributed by atoms with Crippen LogP contribution in [0.3, 0.4) is 0 Å². The zero-order valence-electron chi connectivity index (χ0n) is 14.6. The van der Waals surface area contributed by atoms with Crippen LogP contribution in [0.5, 0.6) is 0 Å². The Kier molecular flexibility index (Phi) is 6.73. The van der Waals surface area contributed by atoms with Gasteiger partial charge in [-0.2, -0.15) is 0 Å². The predicted octanol–water partition coefficient (Wildman–Crippen LogP) is 2.70. The van der Waals surface area contributed by atoms with Gasteiger partial charge < -0.3 is 20.1 Å². The van der Waals surface area contributed by atoms with E-state index in [0.29, 0.717) is 23.4 Å². The molecular weight excluding hydrogens is 336 g/mol. The topological polar surface area (TPSA) is 93.7 Å². The Morgan fingerprint density at radius 1 is 0.885 bits per heavy atom. The summed E-state index contributed by atoms with van der Waals surface area (Å²) < 4.78 is 9.33. The molecule has 0 atom stereocenters. The summed E-state index contributed by atoms with van der Waals surface area (Å²) in [5, 5.41) is 5.79. The van der Waals surface area contributed by atoms with E-state index in [1.165, 1.54) is 14.2 Å². The van der Waals surface area contributed by atoms with Gasteiger partial charge in [-0.25, -0.2) is 9.59 Å². The van der Waals surface area contributed by atoms with Crippen LogP contribution in [0.15, 0.2) is 48.5 Å². The molecule has 0 heterocycles. The first-order valence-electron chi connectivity index (χ1n) is 7.94. The molecule has 0 aromatic heterocycles. The molecule has 0 aliphatic heterocycles. The molecule has 0 fully saturated rings. The second-order valence-corrected chi connectivity index (χ2v) is 5.33. The number of nitrogens with one attached hydrogen (secondary N) is 2. The zero-order chi connectivity index (χ0) is 18.9. The Bertz CT molecular complexity index is 787. The number of benzene rings is 2. The second-order valence-electron chi connectivity index (χ2n) is 5.33. The molecule has 0 spiro atoms. The van der Waals surface area contributed by atoms with E-state index in [9.17, 15) is 14.4 Å². The van der Waals surface area contributed by atoms with Crippen molar-refractivity contribution in [3.05, 3.63) is 59.7 Å². The van der Waals surface area contributed by atoms with Crippen LogP contribution < -0.4 is 10.6 Å². The van der Waals surface area contributed by atoms with Crippen LogP contribution in [0, 0.1) is 0 Å². The summed E-state index contributed by atoms with van der Waals surface area (Å²) >= 11 is 0. The molecule has 0 aliphatic rings. The maximum atomic E-state index is 12.1. The lowest BCUT2D eigenvalue weighted by Crippen LogP contribution is -2.18. The first-order chi connectivity index (χ1) is 12.5. The van der Waals surface area contributed by atoms with Crippen molar-refractivity contribution in [2.24, 2.45) is 0 Å². The van der Waals surface area contributed by atoms with Crippen LogP contribution in [-0.2, 0) is 14.3 Å². The van der Waals surface area contributed by atoms with Gasteiger partial charge in [0.25, 0.3) is 0 Å². The van der Waals surface area contributed by atoms with E-state index in [0.717, 1.165) is 5.69 Å². The SMILES string of the molecule is COC(=O)c1ccc(NCCC(=O)Nc2ccccc2C(=O)OC)cc1. The van der Waals surface area contributed by atoms with Crippen molar-refractivity contribution in [2.45, 2.75) is 6.42 Å². The second kappa shape index (κ2) is 9.22. The predicted molar refractivity (Wildman–Crippen MR) is 97.3 cm³/mol. The maximum Gasteiger partial charge on any atom is 0.339 e. The Morgan fingerprint density at radius 2 is 1.54 bits per heavy atom. The molecular formula is C19H20N2O5. The molecule has 2 aromatic rings. The molecule has 2 rings (SSSR count). The minimum Gasteiger partial charge on any atom is -0.465 e. The molecule has 7 nitrogen and oxygen atoms in total. The van der Waals surface area contributed by atoms with Crippen LogP contribution in [0.2, 0.25) is 0 Å². The Hall–Kier alpha value is -3.35. The Balaban J connectivity index is 1.86. The summed E-state index contributed by atoms with van der Waals surface area (Å²) in [6, 6.07) is 13.4. The number of carbonyl (C=O) groups excluding carboxylic acids is 3. The van der Waals surface area contributed by atoms with E-state index in [1.807, 2.05) is 0 Å². The molecule has 2 aromatic carbocycles. The molecule has 0 radical (unpaired) electrons. The number of hydrogen-bond donors (Lipinski definition) is 2. The van der Waals surface area contributed by atoms with Crippen LogP contribution in [0.4, 0.5) is 11.4 Å². The summed E-state index contributed by atoms with van der Waals surface area (Å²) in [5.41, 5.74) is 1.94. The number of carbonyl (C=O) groups is 3. The van der Waals surface area contributed by atoms with Gasteiger partial charge in [0.05, 0.1) is 31.0 Å². The molecule has 0 saturated carbocycles. The minimum absolute atomic E-state index is 0.203. The highest BCUT2D eigenvalue weighted by Crippen LogP contribution is 2.16. The largest absolute Gasteiger partial charge is 0.465 e. The van der Waals surface area contributed by atoms with Crippen molar-refractivity contribution in [2.75, 3.05) is 31.4 Å². The zero-order valence-corrected chi connectivity index (χ0v) is 14.6. The Morgan fingerprint density at radius 3 is 2.19 bits per heavy atom. The van der Waals surface area contributed by atoms with E-state index in [1.54, 1.807) is 48.5 Å². The van der Waals surface area contributed by atoms with Crippen molar-refractivity contribution in [1.29, 1.82) is 0 Å². The third kappa shape index (κ3) is 5.07. The molecule has 7 heteroatoms. The minimum atomic E-state index is -0.510. The van der Waals surface area contributed by atoms with Crippen molar-refractivity contribution < 1.29 is 23.9 Å². The van der Waals surface area contributed by atoms with Gasteiger partial charge in [-0.3, -0.25) is 4.79 Å². The smallest absolute Gasteiger partial charge is 0.339 e. The number of ether oxygens (including phenoxy) is 2. The summed E-state index contributed by atoms with van der Waals surface area (Å²) in [4.78, 5) is 35.1. The third-order valence-corrected chi connectivity index (χ3v) is 3.59. The number of methoxy groups -OCH3 is 2. The van der Waals surface area contributed by atoms with Crippen LogP contribution in [-0.4, -0.2) is 38.6 Å². The van der Waals surface area contributed by atoms with E-state index in [2.05, 4.69) is 15.4 Å². The van der Waals surface area contributed by atoms with Crippen LogP contribution in [0.1, 0.15) is 27.1 Å². The lowest BCUT2D eigenvalue weighted by molar-refractivity contribution is -0.115. The Labute approximate surface area is 151 Å². The number of esters is 2. The highest BCUT2D eigenvalue weighted by atomic mass is 16.5. The van der Waals surface area contributed by atoms with E-state index >= 15 is 0 Å². The number of para-hydroxylation sites is 1. The fourth-order valence-corrected chi connectivity index (χ4v) is 2.26. The summed E-state index contributed by atoms with van der Waals surface area (Å²) in [6.45, 7) is 0.393. The maximum absolute atomic E-state index is 12.1. The van der Waals surface area contributed by atoms with Crippen molar-refractivity contribution in [3.8, 4) is 0 Å². The van der Waals surface area contributed by atoms with Gasteiger partial charge >= 0.3 is 11.9 Å². The summed E-state index contributed by atoms with van der Waals surface area (Å²) in [6.07, 6.45) is 0.203. The molecule has 0 aliphatic carbocycles. The highest BCUT2D eigenvalue weighted by molar-refractivity contribution is 6.01. The standard InChI is InChI=1S/C19H20N2O5/c1-25-18(23)13-7-9-14(10-8-13)20-12-11-17(22)21-16-6-4-3-5-15(16)19(24)26-2/h3-10,20H,11-12H2,1-2H3,(H,21,22). The van der Waals surface area contributed by atoms with Gasteiger partial charge in [0.1, 0.15) is 0 Å². The van der Waals surface area contributed by atoms with Gasteiger partial charge in [0.2, 0.25) is 5.91 Å². The van der Waals surface area contributed by atoms with Gasteiger partial charge in [-0.1, -0.05) is 12.1 Å². The van der Waals surface area contributed by atoms with E-state index < -0.39 is 11.9 Å². The van der Waals surface area contributed by atoms with Gasteiger partial charge in [-0.15, -0.1) is 0 Å². The molecule has 26 heavy (non-hydrogen) atoms. The molecule has 2 N–H and O–H groups in total. The van der Waals surface area contributed by atoms with Crippen LogP contribution >= 0.6 is 0 Å². The first-order valence-corrected chi connectivity index (χ1v) is 7.94. The normalized spacial score (nSPS) is 9.92. The van der Waals surface area contributed by atoms with E-state index in [-0.39, 0.29) is 12.3 Å². The average Bonchev–Trinajstić information content (AvgIpc) is 2.67. The summed E-state index contributed by atoms with van der Waals surface area (Å²) in [5.74, 6) is -1.15. The van der Waals surface area contributed by atoms with Crippen molar-refractivity contribution >= 4 is 29.2 Å². The number of anilines is 2. The molecule has 0 unspecified atom stereocenters. The number of rotatable bonds is 7. The van der Waals surface area contributed by atoms with Crippen LogP contribution in [0.25, 0.3) is 0 Å². The van der Waals surface area contributed by atoms with E-state index in [4.69, 9.17) is 4.74 Å². The molecule has 136 valence electrons. The summed E-state index contributed by atoms with van der Waals surface area (Å²) in [7, 11) is 2.61. The average molecular weight is 356 g/mol. The van der Waals surface area contributed by atoms with Crippen molar-refractivity contribution in [3.63, 3.8) is 0 Å². The fraction of sp³-hybridized carbons (Fsp3) is 0.211. The monoisotopic (exact) mass is 356 g/mol. The number of amides is 1. The van der Waals surface area contributed by atoms with Gasteiger partial charge in [0.15, 0.2) is 0 Å². The van der Waals surface area contributed by atoms with Crippen molar-refractivity contribution in [1.82, 2.24) is 0 Å². The highest BCUT2D eigenvalue weighted by Gasteiger charge is 2.13. The molecule has 0 bridgehead atoms. The van der Waals surface area contributed by atoms with Gasteiger partial charge in [0, 0.05) is 18.7 Å². The quantitative estimate of drug-likeness (QED) is 0.741. The molecule has 0 saturated heterocycles. The lowest BCUT2D eigenvalue weighted by Gasteiger charge is -2.10. The first kappa shape index (κ1) is 19.0. The fourth-order valence-electron chi connectivity index (χ4n) is 2.26. The number of hydrogen-bond acceptors (Lipinski definition) is 6. The lowest BCUT2D eigenvalue weighted by atomic mass is 10.1. The third-order valence-electron chi connectivity index (χ3n) is 3.59. The molecule has 1 amide bonds.